The molecule has 1 fully saturated rings. The first-order valence-electron chi connectivity index (χ1n) is 11.9. The molecule has 1 aliphatic carbocycles. The first kappa shape index (κ1) is 27.2. The lowest BCUT2D eigenvalue weighted by Gasteiger charge is -2.23. The molecule has 0 saturated heterocycles. The maximum atomic E-state index is 12.9. The predicted molar refractivity (Wildman–Crippen MR) is 143 cm³/mol. The van der Waals surface area contributed by atoms with Gasteiger partial charge in [-0.25, -0.2) is 4.98 Å². The molecule has 1 aliphatic rings. The molecule has 0 spiro atoms. The van der Waals surface area contributed by atoms with Crippen LogP contribution >= 0.6 is 0 Å². The van der Waals surface area contributed by atoms with Crippen LogP contribution in [0.3, 0.4) is 0 Å². The summed E-state index contributed by atoms with van der Waals surface area (Å²) < 4.78 is 16.5. The Morgan fingerprint density at radius 2 is 1.97 bits per heavy atom. The highest BCUT2D eigenvalue weighted by molar-refractivity contribution is 6.60. The Balaban J connectivity index is 1.67. The maximum Gasteiger partial charge on any atom is 0.253 e. The second-order valence-electron chi connectivity index (χ2n) is 9.15. The fourth-order valence-electron chi connectivity index (χ4n) is 3.48. The number of anilines is 3. The lowest BCUT2D eigenvalue weighted by molar-refractivity contribution is -0.117. The van der Waals surface area contributed by atoms with E-state index in [2.05, 4.69) is 31.1 Å². The number of carbonyl (C=O) groups excluding carboxylic acids is 2. The van der Waals surface area contributed by atoms with Crippen LogP contribution in [0.5, 0.6) is 5.75 Å². The minimum atomic E-state index is -1.96. The van der Waals surface area contributed by atoms with Gasteiger partial charge in [-0.15, -0.1) is 0 Å². The van der Waals surface area contributed by atoms with E-state index < -0.39 is 11.1 Å². The summed E-state index contributed by atoms with van der Waals surface area (Å²) >= 11 is 0. The zero-order chi connectivity index (χ0) is 27.4. The predicted octanol–water partition coefficient (Wildman–Crippen LogP) is 2.00. The van der Waals surface area contributed by atoms with Crippen molar-refractivity contribution in [1.29, 1.82) is 0 Å². The highest BCUT2D eigenvalue weighted by Gasteiger charge is 2.30. The summed E-state index contributed by atoms with van der Waals surface area (Å²) in [4.78, 5) is 33.8. The van der Waals surface area contributed by atoms with E-state index in [1.165, 1.54) is 19.4 Å². The van der Waals surface area contributed by atoms with E-state index in [-0.39, 0.29) is 47.4 Å². The average Bonchev–Trinajstić information content (AvgIpc) is 3.59. The van der Waals surface area contributed by atoms with Crippen molar-refractivity contribution in [3.8, 4) is 17.1 Å². The molecule has 0 aliphatic heterocycles. The fourth-order valence-corrected chi connectivity index (χ4v) is 3.48. The molecular formula is C24H25B3N6O5. The van der Waals surface area contributed by atoms with Crippen LogP contribution in [0.2, 0.25) is 0 Å². The summed E-state index contributed by atoms with van der Waals surface area (Å²) in [6, 6.07) is 6.76. The second kappa shape index (κ2) is 11.3. The zero-order valence-electron chi connectivity index (χ0n) is 21.3. The van der Waals surface area contributed by atoms with Crippen molar-refractivity contribution < 1.29 is 23.6 Å². The number of hydrogen-bond acceptors (Lipinski definition) is 9. The molecule has 3 N–H and O–H groups in total. The van der Waals surface area contributed by atoms with Gasteiger partial charge in [0, 0.05) is 18.2 Å². The Labute approximate surface area is 224 Å². The van der Waals surface area contributed by atoms with E-state index in [4.69, 9.17) is 37.5 Å². The van der Waals surface area contributed by atoms with E-state index in [1.807, 2.05) is 13.8 Å². The van der Waals surface area contributed by atoms with Crippen molar-refractivity contribution in [1.82, 2.24) is 20.4 Å². The summed E-state index contributed by atoms with van der Waals surface area (Å²) in [6.45, 7) is 3.97. The first-order valence-corrected chi connectivity index (χ1v) is 11.9. The summed E-state index contributed by atoms with van der Waals surface area (Å²) in [6.07, 6.45) is 2.94. The van der Waals surface area contributed by atoms with Crippen LogP contribution in [0.25, 0.3) is 11.4 Å². The first-order chi connectivity index (χ1) is 18.0. The molecule has 190 valence electrons. The summed E-state index contributed by atoms with van der Waals surface area (Å²) in [7, 11) is 18.2. The number of aromatic nitrogens is 3. The number of methoxy groups -OCH3 is 1. The lowest BCUT2D eigenvalue weighted by Crippen LogP contribution is -2.50. The van der Waals surface area contributed by atoms with Crippen LogP contribution < -0.4 is 20.7 Å². The van der Waals surface area contributed by atoms with Gasteiger partial charge in [-0.2, -0.15) is 4.98 Å². The highest BCUT2D eigenvalue weighted by Crippen LogP contribution is 2.38. The standard InChI is InChI=1S/C24H25B3N6O5/c1-12(2)37-11-19-31-21(33-38-19)14-5-4-6-16(20(14)36-3)29-17-9-18(30-22(34)13-7-8-13)28-10-15(17)23(35)32-24(25,26)27/h4-6,9-10,12-13H,7-8,11H2,1-3H3,(H,32,35)(H2,28,29,30,34). The molecule has 4 rings (SSSR count). The minimum absolute atomic E-state index is 0.00101. The van der Waals surface area contributed by atoms with Crippen LogP contribution in [-0.4, -0.2) is 68.9 Å². The largest absolute Gasteiger partial charge is 0.494 e. The Bertz CT molecular complexity index is 1320. The van der Waals surface area contributed by atoms with Gasteiger partial charge in [-0.1, -0.05) is 16.5 Å². The number of para-hydroxylation sites is 1. The van der Waals surface area contributed by atoms with Gasteiger partial charge in [0.2, 0.25) is 11.7 Å². The molecule has 38 heavy (non-hydrogen) atoms. The average molecular weight is 510 g/mol. The topological polar surface area (TPSA) is 140 Å². The van der Waals surface area contributed by atoms with Gasteiger partial charge in [-0.05, 0) is 38.8 Å². The second-order valence-corrected chi connectivity index (χ2v) is 9.15. The summed E-state index contributed by atoms with van der Waals surface area (Å²) in [5.74, 6) is 0.371. The smallest absolute Gasteiger partial charge is 0.253 e. The summed E-state index contributed by atoms with van der Waals surface area (Å²) in [5, 5.41) is 10.3. The Kier molecular flexibility index (Phi) is 8.10. The molecule has 2 heterocycles. The van der Waals surface area contributed by atoms with E-state index >= 15 is 0 Å². The molecule has 3 aromatic rings. The number of nitrogens with one attached hydrogen (secondary N) is 3. The van der Waals surface area contributed by atoms with Gasteiger partial charge in [0.1, 0.15) is 12.4 Å². The number of pyridine rings is 1. The van der Waals surface area contributed by atoms with E-state index in [0.717, 1.165) is 12.8 Å². The quantitative estimate of drug-likeness (QED) is 0.331. The summed E-state index contributed by atoms with van der Waals surface area (Å²) in [5.41, 5.74) is 1.35. The molecule has 2 amide bonds. The molecule has 0 unspecified atom stereocenters. The molecular weight excluding hydrogens is 485 g/mol. The van der Waals surface area contributed by atoms with Gasteiger partial charge in [0.05, 0.1) is 59.3 Å². The molecule has 0 atom stereocenters. The van der Waals surface area contributed by atoms with Crippen molar-refractivity contribution >= 4 is 52.5 Å². The number of nitrogens with zero attached hydrogens (tertiary/aromatic N) is 3. The van der Waals surface area contributed by atoms with Crippen LogP contribution in [0, 0.1) is 5.92 Å². The molecule has 0 bridgehead atoms. The number of benzene rings is 1. The monoisotopic (exact) mass is 510 g/mol. The lowest BCUT2D eigenvalue weighted by atomic mass is 9.49. The van der Waals surface area contributed by atoms with Crippen LogP contribution in [0.1, 0.15) is 42.9 Å². The van der Waals surface area contributed by atoms with Gasteiger partial charge >= 0.3 is 0 Å². The minimum Gasteiger partial charge on any atom is -0.494 e. The molecule has 11 nitrogen and oxygen atoms in total. The molecule has 14 heteroatoms. The van der Waals surface area contributed by atoms with Crippen molar-refractivity contribution in [2.24, 2.45) is 5.92 Å². The number of rotatable bonds is 11. The van der Waals surface area contributed by atoms with Gasteiger partial charge in [0.15, 0.2) is 5.75 Å². The zero-order valence-corrected chi connectivity index (χ0v) is 21.3. The van der Waals surface area contributed by atoms with Crippen molar-refractivity contribution in [2.75, 3.05) is 17.7 Å². The SMILES string of the molecule is [B]C([B])([B])NC(=O)c1cnc(NC(=O)C2CC2)cc1Nc1cccc(-c2noc(COC(C)C)n2)c1OC. The Morgan fingerprint density at radius 3 is 2.63 bits per heavy atom. The van der Waals surface area contributed by atoms with E-state index in [1.54, 1.807) is 18.2 Å². The van der Waals surface area contributed by atoms with Gasteiger partial charge in [-0.3, -0.25) is 9.59 Å². The van der Waals surface area contributed by atoms with Gasteiger partial charge < -0.3 is 29.9 Å². The molecule has 6 radical (unpaired) electrons. The third-order valence-corrected chi connectivity index (χ3v) is 5.42. The number of ether oxygens (including phenoxy) is 2. The Hall–Kier alpha value is -3.80. The Morgan fingerprint density at radius 1 is 1.21 bits per heavy atom. The van der Waals surface area contributed by atoms with Crippen LogP contribution in [0.4, 0.5) is 17.2 Å². The van der Waals surface area contributed by atoms with Crippen molar-refractivity contribution in [2.45, 2.75) is 44.6 Å². The normalized spacial score (nSPS) is 13.3. The number of hydrogen-bond donors (Lipinski definition) is 3. The van der Waals surface area contributed by atoms with Crippen LogP contribution in [0.15, 0.2) is 35.0 Å². The fraction of sp³-hybridized carbons (Fsp3) is 0.375. The number of carbonyl (C=O) groups is 2. The third-order valence-electron chi connectivity index (χ3n) is 5.42. The molecule has 2 aromatic heterocycles. The van der Waals surface area contributed by atoms with Crippen molar-refractivity contribution in [3.63, 3.8) is 0 Å². The van der Waals surface area contributed by atoms with Crippen LogP contribution in [-0.2, 0) is 16.1 Å². The highest BCUT2D eigenvalue weighted by atomic mass is 16.5. The van der Waals surface area contributed by atoms with E-state index in [0.29, 0.717) is 22.9 Å². The molecule has 1 aromatic carbocycles. The van der Waals surface area contributed by atoms with Crippen molar-refractivity contribution in [3.05, 3.63) is 41.9 Å². The maximum absolute atomic E-state index is 12.9. The van der Waals surface area contributed by atoms with Gasteiger partial charge in [0.25, 0.3) is 11.8 Å². The molecule has 1 saturated carbocycles. The number of amides is 2. The van der Waals surface area contributed by atoms with E-state index in [9.17, 15) is 9.59 Å². The third kappa shape index (κ3) is 6.94.